The van der Waals surface area contributed by atoms with Crippen LogP contribution in [-0.4, -0.2) is 11.4 Å². The highest BCUT2D eigenvalue weighted by atomic mass is 32.1. The molecule has 2 aliphatic heterocycles. The summed E-state index contributed by atoms with van der Waals surface area (Å²) < 4.78 is 12.7. The summed E-state index contributed by atoms with van der Waals surface area (Å²) in [6.45, 7) is 33.6. The predicted octanol–water partition coefficient (Wildman–Crippen LogP) is 17.6. The first-order valence-corrected chi connectivity index (χ1v) is 27.4. The number of nitrogens with zero attached hydrogens (tertiary/aromatic N) is 2. The molecule has 14 rings (SSSR count). The number of thiophene rings is 1. The number of hydrogen-bond donors (Lipinski definition) is 0. The largest absolute Gasteiger partial charge is 0.456 e. The van der Waals surface area contributed by atoms with E-state index in [1.807, 2.05) is 11.3 Å². The molecule has 5 heterocycles. The Morgan fingerprint density at radius 1 is 0.535 bits per heavy atom. The Balaban J connectivity index is 1.21. The summed E-state index contributed by atoms with van der Waals surface area (Å²) in [7, 11) is 0. The first-order valence-electron chi connectivity index (χ1n) is 26.5. The lowest BCUT2D eigenvalue weighted by molar-refractivity contribution is 0.332. The van der Waals surface area contributed by atoms with Gasteiger partial charge in [-0.25, -0.2) is 0 Å². The van der Waals surface area contributed by atoms with Gasteiger partial charge >= 0.3 is 6.85 Å². The van der Waals surface area contributed by atoms with Gasteiger partial charge < -0.3 is 13.8 Å². The normalized spacial score (nSPS) is 18.5. The maximum absolute atomic E-state index is 7.20. The summed E-state index contributed by atoms with van der Waals surface area (Å²) in [4.78, 5) is 2.72. The van der Waals surface area contributed by atoms with Crippen molar-refractivity contribution in [3.8, 4) is 16.8 Å². The minimum Gasteiger partial charge on any atom is -0.456 e. The molecule has 10 aromatic rings. The summed E-state index contributed by atoms with van der Waals surface area (Å²) >= 11 is 1.99. The molecule has 0 atom stereocenters. The van der Waals surface area contributed by atoms with Crippen molar-refractivity contribution in [1.29, 1.82) is 0 Å². The van der Waals surface area contributed by atoms with E-state index < -0.39 is 0 Å². The van der Waals surface area contributed by atoms with Crippen molar-refractivity contribution in [1.82, 2.24) is 4.57 Å². The minimum atomic E-state index is -0.115. The van der Waals surface area contributed by atoms with Crippen molar-refractivity contribution in [2.24, 2.45) is 0 Å². The SMILES string of the molecule is CC(C)(C)c1ccc(N2B3c4cc(C(C)(C)C)ccc4-n4c5cc6c(cc5c5c7sc8ccccc8c7c(c3c54)-c3cc4c(cc32)oc2cc3c(cc24)C(C)(C)CCC3(C)C)C(C)(C)CCC6(C)C)cc1. The van der Waals surface area contributed by atoms with Crippen LogP contribution >= 0.6 is 11.3 Å². The standard InChI is InChI=1S/C66H67BN2OS/c1-61(2,3)36-19-22-38(23-20-36)69-51-35-53-40(41-31-44-47(34-52(41)70-53)66(13,14)28-26-63(44,7)8)30-42(51)55-56-39-17-15-16-18-54(39)71-60(56)57-43-32-45-46(65(11,12)27-25-64(45,9)10)33-50(43)68-49-24-21-37(62(4,5)6)29-48(49)67(69)58(55)59(57)68/h15-24,29-35H,25-28H2,1-14H3. The second kappa shape index (κ2) is 13.6. The van der Waals surface area contributed by atoms with Crippen LogP contribution < -0.4 is 15.7 Å². The number of fused-ring (bicyclic) bond motifs is 18. The van der Waals surface area contributed by atoms with E-state index in [0.717, 1.165) is 11.2 Å². The topological polar surface area (TPSA) is 21.3 Å². The summed E-state index contributed by atoms with van der Waals surface area (Å²) in [5, 5.41) is 7.95. The molecule has 0 radical (unpaired) electrons. The van der Waals surface area contributed by atoms with Gasteiger partial charge in [0.25, 0.3) is 0 Å². The Hall–Kier alpha value is -5.78. The fourth-order valence-electron chi connectivity index (χ4n) is 14.0. The van der Waals surface area contributed by atoms with Gasteiger partial charge in [0.1, 0.15) is 11.2 Å². The molecule has 356 valence electrons. The molecule has 71 heavy (non-hydrogen) atoms. The number of furan rings is 1. The van der Waals surface area contributed by atoms with Crippen LogP contribution in [0.1, 0.15) is 156 Å². The molecule has 4 aliphatic rings. The highest BCUT2D eigenvalue weighted by Gasteiger charge is 2.48. The van der Waals surface area contributed by atoms with E-state index in [1.165, 1.54) is 151 Å². The van der Waals surface area contributed by atoms with E-state index >= 15 is 0 Å². The zero-order valence-corrected chi connectivity index (χ0v) is 45.2. The van der Waals surface area contributed by atoms with Gasteiger partial charge in [0, 0.05) is 70.4 Å². The lowest BCUT2D eigenvalue weighted by atomic mass is 9.43. The average molecular weight is 947 g/mol. The number of anilines is 2. The molecule has 0 spiro atoms. The molecule has 0 unspecified atom stereocenters. The van der Waals surface area contributed by atoms with Gasteiger partial charge in [0.05, 0.1) is 11.0 Å². The third kappa shape index (κ3) is 5.85. The summed E-state index contributed by atoms with van der Waals surface area (Å²) in [6.07, 6.45) is 4.70. The molecule has 0 saturated carbocycles. The number of aromatic nitrogens is 1. The molecule has 0 amide bonds. The zero-order valence-electron chi connectivity index (χ0n) is 44.4. The third-order valence-electron chi connectivity index (χ3n) is 18.6. The van der Waals surface area contributed by atoms with Crippen LogP contribution in [0.15, 0.2) is 108 Å². The zero-order chi connectivity index (χ0) is 49.4. The summed E-state index contributed by atoms with van der Waals surface area (Å²) in [6, 6.07) is 41.5. The second-order valence-electron chi connectivity index (χ2n) is 27.1. The average Bonchev–Trinajstić information content (AvgIpc) is 3.99. The highest BCUT2D eigenvalue weighted by molar-refractivity contribution is 7.27. The molecule has 3 aromatic heterocycles. The molecule has 7 aromatic carbocycles. The van der Waals surface area contributed by atoms with Gasteiger partial charge in [-0.15, -0.1) is 11.3 Å². The highest BCUT2D eigenvalue weighted by Crippen LogP contribution is 2.56. The van der Waals surface area contributed by atoms with Crippen LogP contribution in [0.25, 0.3) is 80.7 Å². The molecule has 3 nitrogen and oxygen atoms in total. The Bertz CT molecular complexity index is 4020. The number of benzene rings is 7. The molecule has 2 aliphatic carbocycles. The van der Waals surface area contributed by atoms with Crippen molar-refractivity contribution in [2.75, 3.05) is 4.81 Å². The molecule has 0 fully saturated rings. The van der Waals surface area contributed by atoms with E-state index in [4.69, 9.17) is 4.42 Å². The van der Waals surface area contributed by atoms with E-state index in [-0.39, 0.29) is 39.3 Å². The third-order valence-corrected chi connectivity index (χ3v) is 19.8. The fourth-order valence-corrected chi connectivity index (χ4v) is 15.3. The van der Waals surface area contributed by atoms with Crippen molar-refractivity contribution >= 4 is 104 Å². The molecule has 0 bridgehead atoms. The van der Waals surface area contributed by atoms with Crippen LogP contribution in [0.5, 0.6) is 0 Å². The molecular weight excluding hydrogens is 880 g/mol. The molecular formula is C66H67BN2OS. The smallest absolute Gasteiger partial charge is 0.333 e. The minimum absolute atomic E-state index is 0.0216. The monoisotopic (exact) mass is 947 g/mol. The summed E-state index contributed by atoms with van der Waals surface area (Å²) in [5.74, 6) is 0. The first kappa shape index (κ1) is 44.0. The molecule has 0 N–H and O–H groups in total. The van der Waals surface area contributed by atoms with Crippen molar-refractivity contribution in [3.05, 3.63) is 137 Å². The van der Waals surface area contributed by atoms with Gasteiger partial charge in [-0.3, -0.25) is 0 Å². The molecule has 0 saturated heterocycles. The van der Waals surface area contributed by atoms with Gasteiger partial charge in [-0.2, -0.15) is 0 Å². The number of rotatable bonds is 1. The van der Waals surface area contributed by atoms with Gasteiger partial charge in [-0.05, 0) is 163 Å². The van der Waals surface area contributed by atoms with Crippen LogP contribution in [-0.2, 0) is 32.5 Å². The number of hydrogen-bond acceptors (Lipinski definition) is 3. The quantitative estimate of drug-likeness (QED) is 0.153. The van der Waals surface area contributed by atoms with E-state index in [0.29, 0.717) is 0 Å². The van der Waals surface area contributed by atoms with E-state index in [9.17, 15) is 0 Å². The fraction of sp³-hybridized carbons (Fsp3) is 0.364. The Morgan fingerprint density at radius 2 is 1.10 bits per heavy atom. The Labute approximate surface area is 424 Å². The lowest BCUT2D eigenvalue weighted by Gasteiger charge is -2.43. The van der Waals surface area contributed by atoms with Crippen LogP contribution in [0.4, 0.5) is 11.4 Å². The maximum Gasteiger partial charge on any atom is 0.333 e. The molecule has 5 heteroatoms. The van der Waals surface area contributed by atoms with Gasteiger partial charge in [-0.1, -0.05) is 139 Å². The lowest BCUT2D eigenvalue weighted by Crippen LogP contribution is -2.60. The first-order chi connectivity index (χ1) is 33.4. The Kier molecular flexibility index (Phi) is 8.44. The van der Waals surface area contributed by atoms with Crippen LogP contribution in [0.2, 0.25) is 0 Å². The van der Waals surface area contributed by atoms with E-state index in [2.05, 4.69) is 209 Å². The Morgan fingerprint density at radius 3 is 1.75 bits per heavy atom. The van der Waals surface area contributed by atoms with Crippen LogP contribution in [0, 0.1) is 0 Å². The maximum atomic E-state index is 7.20. The predicted molar refractivity (Wildman–Crippen MR) is 308 cm³/mol. The van der Waals surface area contributed by atoms with Crippen molar-refractivity contribution in [2.45, 2.75) is 155 Å². The van der Waals surface area contributed by atoms with Crippen molar-refractivity contribution in [3.63, 3.8) is 0 Å². The summed E-state index contributed by atoms with van der Waals surface area (Å²) in [5.41, 5.74) is 22.6. The van der Waals surface area contributed by atoms with Gasteiger partial charge in [0.15, 0.2) is 0 Å². The van der Waals surface area contributed by atoms with Gasteiger partial charge in [0.2, 0.25) is 0 Å². The van der Waals surface area contributed by atoms with E-state index in [1.54, 1.807) is 0 Å². The second-order valence-corrected chi connectivity index (χ2v) is 28.1. The van der Waals surface area contributed by atoms with Crippen LogP contribution in [0.3, 0.4) is 0 Å². The van der Waals surface area contributed by atoms with Crippen molar-refractivity contribution < 1.29 is 4.42 Å².